The Morgan fingerprint density at radius 3 is 2.57 bits per heavy atom. The van der Waals surface area contributed by atoms with Gasteiger partial charge in [0.1, 0.15) is 0 Å². The maximum Gasteiger partial charge on any atom is 0.416 e. The second kappa shape index (κ2) is 7.47. The van der Waals surface area contributed by atoms with E-state index < -0.39 is 17.6 Å². The molecule has 1 amide bonds. The van der Waals surface area contributed by atoms with Gasteiger partial charge in [-0.25, -0.2) is 0 Å². The zero-order chi connectivity index (χ0) is 16.3. The lowest BCUT2D eigenvalue weighted by atomic mass is 10.1. The van der Waals surface area contributed by atoms with E-state index in [0.717, 1.165) is 12.1 Å². The molecule has 1 heterocycles. The molecule has 126 valence electrons. The molecule has 3 N–H and O–H groups in total. The number of carbonyl (C=O) groups is 1. The molecule has 5 nitrogen and oxygen atoms in total. The summed E-state index contributed by atoms with van der Waals surface area (Å²) in [5, 5.41) is 6.38. The Morgan fingerprint density at radius 2 is 2.04 bits per heavy atom. The quantitative estimate of drug-likeness (QED) is 0.892. The lowest BCUT2D eigenvalue weighted by Gasteiger charge is -2.12. The minimum absolute atomic E-state index is 0. The number of aryl methyl sites for hydroxylation is 1. The third-order valence-electron chi connectivity index (χ3n) is 3.03. The Bertz CT molecular complexity index is 685. The molecule has 0 fully saturated rings. The third kappa shape index (κ3) is 4.70. The first-order valence-corrected chi connectivity index (χ1v) is 6.58. The smallest absolute Gasteiger partial charge is 0.326 e. The molecule has 0 spiro atoms. The summed E-state index contributed by atoms with van der Waals surface area (Å²) in [5.41, 5.74) is 5.15. The van der Waals surface area contributed by atoms with Crippen molar-refractivity contribution in [2.75, 3.05) is 5.32 Å². The second-order valence-corrected chi connectivity index (χ2v) is 4.66. The zero-order valence-corrected chi connectivity index (χ0v) is 13.0. The average Bonchev–Trinajstić information content (AvgIpc) is 2.95. The fraction of sp³-hybridized carbons (Fsp3) is 0.286. The summed E-state index contributed by atoms with van der Waals surface area (Å²) in [6.07, 6.45) is -1.62. The van der Waals surface area contributed by atoms with Gasteiger partial charge in [0.15, 0.2) is 0 Å². The van der Waals surface area contributed by atoms with E-state index in [4.69, 9.17) is 5.73 Å². The van der Waals surface area contributed by atoms with Crippen LogP contribution >= 0.6 is 12.4 Å². The minimum atomic E-state index is -4.50. The Hall–Kier alpha value is -2.06. The summed E-state index contributed by atoms with van der Waals surface area (Å²) in [6.45, 7) is 2.39. The van der Waals surface area contributed by atoms with Gasteiger partial charge in [-0.05, 0) is 30.7 Å². The van der Waals surface area contributed by atoms with Crippen LogP contribution in [0.15, 0.2) is 30.6 Å². The number of halogens is 4. The lowest BCUT2D eigenvalue weighted by molar-refractivity contribution is -0.137. The Labute approximate surface area is 137 Å². The molecule has 0 aliphatic heterocycles. The summed E-state index contributed by atoms with van der Waals surface area (Å²) < 4.78 is 40.0. The predicted octanol–water partition coefficient (Wildman–Crippen LogP) is 3.05. The standard InChI is InChI=1S/C14H15F3N4O.ClH/c1-2-21-8-10(7-19-21)13(22)20-12-4-9(6-18)3-11(5-12)14(15,16)17;/h3-5,7-8H,2,6,18H2,1H3,(H,20,22);1H. The van der Waals surface area contributed by atoms with Crippen molar-refractivity contribution in [1.29, 1.82) is 0 Å². The number of amides is 1. The highest BCUT2D eigenvalue weighted by Crippen LogP contribution is 2.32. The topological polar surface area (TPSA) is 72.9 Å². The van der Waals surface area contributed by atoms with Crippen LogP contribution in [0.5, 0.6) is 0 Å². The molecule has 0 bridgehead atoms. The van der Waals surface area contributed by atoms with Gasteiger partial charge in [-0.2, -0.15) is 18.3 Å². The van der Waals surface area contributed by atoms with Gasteiger partial charge in [-0.3, -0.25) is 9.48 Å². The number of nitrogens with one attached hydrogen (secondary N) is 1. The highest BCUT2D eigenvalue weighted by atomic mass is 35.5. The number of alkyl halides is 3. The van der Waals surface area contributed by atoms with Gasteiger partial charge in [-0.15, -0.1) is 12.4 Å². The molecule has 2 aromatic rings. The molecule has 9 heteroatoms. The molecule has 0 aliphatic rings. The van der Waals surface area contributed by atoms with E-state index in [-0.39, 0.29) is 35.8 Å². The van der Waals surface area contributed by atoms with E-state index in [1.54, 1.807) is 4.68 Å². The monoisotopic (exact) mass is 348 g/mol. The summed E-state index contributed by atoms with van der Waals surface area (Å²) in [7, 11) is 0. The average molecular weight is 349 g/mol. The summed E-state index contributed by atoms with van der Waals surface area (Å²) in [4.78, 5) is 12.0. The molecule has 1 aromatic carbocycles. The number of nitrogens with zero attached hydrogens (tertiary/aromatic N) is 2. The molecule has 0 atom stereocenters. The van der Waals surface area contributed by atoms with Gasteiger partial charge >= 0.3 is 6.18 Å². The van der Waals surface area contributed by atoms with E-state index in [0.29, 0.717) is 6.54 Å². The first-order chi connectivity index (χ1) is 10.3. The molecular formula is C14H16ClF3N4O. The van der Waals surface area contributed by atoms with E-state index in [1.807, 2.05) is 6.92 Å². The van der Waals surface area contributed by atoms with Gasteiger partial charge in [0.2, 0.25) is 0 Å². The van der Waals surface area contributed by atoms with Crippen LogP contribution in [-0.4, -0.2) is 15.7 Å². The Morgan fingerprint density at radius 1 is 1.35 bits per heavy atom. The first-order valence-electron chi connectivity index (χ1n) is 6.58. The van der Waals surface area contributed by atoms with Gasteiger partial charge in [0.05, 0.1) is 17.3 Å². The maximum atomic E-state index is 12.8. The minimum Gasteiger partial charge on any atom is -0.326 e. The van der Waals surface area contributed by atoms with Crippen molar-refractivity contribution >= 4 is 24.0 Å². The van der Waals surface area contributed by atoms with Crippen LogP contribution in [0.2, 0.25) is 0 Å². The van der Waals surface area contributed by atoms with Crippen molar-refractivity contribution in [3.63, 3.8) is 0 Å². The largest absolute Gasteiger partial charge is 0.416 e. The van der Waals surface area contributed by atoms with E-state index in [9.17, 15) is 18.0 Å². The normalized spacial score (nSPS) is 11.0. The van der Waals surface area contributed by atoms with Crippen molar-refractivity contribution in [1.82, 2.24) is 9.78 Å². The van der Waals surface area contributed by atoms with Crippen LogP contribution in [0.25, 0.3) is 0 Å². The molecule has 0 saturated carbocycles. The summed E-state index contributed by atoms with van der Waals surface area (Å²) in [5.74, 6) is -0.526. The van der Waals surface area contributed by atoms with Crippen LogP contribution in [0.1, 0.15) is 28.4 Å². The van der Waals surface area contributed by atoms with Gasteiger partial charge in [0.25, 0.3) is 5.91 Å². The molecule has 0 unspecified atom stereocenters. The predicted molar refractivity (Wildman–Crippen MR) is 82.4 cm³/mol. The van der Waals surface area contributed by atoms with Crippen LogP contribution < -0.4 is 11.1 Å². The number of nitrogens with two attached hydrogens (primary N) is 1. The zero-order valence-electron chi connectivity index (χ0n) is 12.2. The second-order valence-electron chi connectivity index (χ2n) is 4.66. The first kappa shape index (κ1) is 19.0. The number of hydrogen-bond acceptors (Lipinski definition) is 3. The van der Waals surface area contributed by atoms with Crippen LogP contribution in [0.4, 0.5) is 18.9 Å². The highest BCUT2D eigenvalue weighted by Gasteiger charge is 2.31. The fourth-order valence-electron chi connectivity index (χ4n) is 1.90. The molecule has 1 aromatic heterocycles. The van der Waals surface area contributed by atoms with Crippen LogP contribution in [0, 0.1) is 0 Å². The molecular weight excluding hydrogens is 333 g/mol. The van der Waals surface area contributed by atoms with Crippen molar-refractivity contribution in [3.8, 4) is 0 Å². The van der Waals surface area contributed by atoms with Gasteiger partial charge in [-0.1, -0.05) is 0 Å². The summed E-state index contributed by atoms with van der Waals surface area (Å²) >= 11 is 0. The lowest BCUT2D eigenvalue weighted by Crippen LogP contribution is -2.14. The van der Waals surface area contributed by atoms with Crippen molar-refractivity contribution in [2.45, 2.75) is 26.2 Å². The van der Waals surface area contributed by atoms with Crippen LogP contribution in [-0.2, 0) is 19.3 Å². The van der Waals surface area contributed by atoms with E-state index in [2.05, 4.69) is 10.4 Å². The fourth-order valence-corrected chi connectivity index (χ4v) is 1.90. The number of hydrogen-bond donors (Lipinski definition) is 2. The number of aromatic nitrogens is 2. The third-order valence-corrected chi connectivity index (χ3v) is 3.03. The number of carbonyl (C=O) groups excluding carboxylic acids is 1. The SMILES string of the molecule is CCn1cc(C(=O)Nc2cc(CN)cc(C(F)(F)F)c2)cn1.Cl. The van der Waals surface area contributed by atoms with Crippen molar-refractivity contribution in [2.24, 2.45) is 5.73 Å². The van der Waals surface area contributed by atoms with Gasteiger partial charge < -0.3 is 11.1 Å². The number of benzene rings is 1. The highest BCUT2D eigenvalue weighted by molar-refractivity contribution is 6.04. The van der Waals surface area contributed by atoms with Crippen molar-refractivity contribution in [3.05, 3.63) is 47.3 Å². The van der Waals surface area contributed by atoms with E-state index in [1.165, 1.54) is 18.5 Å². The Kier molecular flexibility index (Phi) is 6.17. The van der Waals surface area contributed by atoms with Crippen molar-refractivity contribution < 1.29 is 18.0 Å². The number of anilines is 1. The van der Waals surface area contributed by atoms with Gasteiger partial charge in [0, 0.05) is 25.0 Å². The molecule has 0 radical (unpaired) electrons. The molecule has 23 heavy (non-hydrogen) atoms. The van der Waals surface area contributed by atoms with E-state index >= 15 is 0 Å². The summed E-state index contributed by atoms with van der Waals surface area (Å²) in [6, 6.07) is 3.25. The molecule has 0 aliphatic carbocycles. The van der Waals surface area contributed by atoms with Crippen LogP contribution in [0.3, 0.4) is 0 Å². The molecule has 0 saturated heterocycles. The molecule has 2 rings (SSSR count). The number of rotatable bonds is 4. The maximum absolute atomic E-state index is 12.8. The Balaban J connectivity index is 0.00000264.